The minimum absolute atomic E-state index is 0.199. The standard InChI is InChI=1S/C23H27NO3S/c1-26-21-7-3-5-18-17(4-2-6-19(18)21)11-13-24-12-10-16-8-9-22-20(14-16)23(25)27-15-28-22/h3,5,7-9,14,17,24H,2,4,6,10-13,15H2,1H3. The third-order valence-electron chi connectivity index (χ3n) is 5.74. The van der Waals surface area contributed by atoms with Crippen LogP contribution in [0, 0.1) is 0 Å². The SMILES string of the molecule is COc1cccc2c1CCCC2CCNCCc1ccc2c(c1)C(=O)OCS2. The molecule has 28 heavy (non-hydrogen) atoms. The van der Waals surface area contributed by atoms with Gasteiger partial charge in [0.25, 0.3) is 0 Å². The first-order valence-electron chi connectivity index (χ1n) is 10.1. The highest BCUT2D eigenvalue weighted by Crippen LogP contribution is 2.38. The maximum Gasteiger partial charge on any atom is 0.340 e. The largest absolute Gasteiger partial charge is 0.496 e. The van der Waals surface area contributed by atoms with Gasteiger partial charge >= 0.3 is 5.97 Å². The van der Waals surface area contributed by atoms with E-state index in [9.17, 15) is 4.79 Å². The van der Waals surface area contributed by atoms with E-state index in [0.717, 1.165) is 43.0 Å². The van der Waals surface area contributed by atoms with Crippen molar-refractivity contribution in [1.82, 2.24) is 5.32 Å². The average Bonchev–Trinajstić information content (AvgIpc) is 2.73. The predicted octanol–water partition coefficient (Wildman–Crippen LogP) is 4.56. The number of esters is 1. The van der Waals surface area contributed by atoms with Gasteiger partial charge in [0.2, 0.25) is 0 Å². The van der Waals surface area contributed by atoms with E-state index in [2.05, 4.69) is 29.6 Å². The molecule has 0 radical (unpaired) electrons. The molecule has 1 heterocycles. The molecular weight excluding hydrogens is 370 g/mol. The van der Waals surface area contributed by atoms with Gasteiger partial charge in [-0.25, -0.2) is 4.79 Å². The zero-order chi connectivity index (χ0) is 19.3. The normalized spacial score (nSPS) is 18.2. The number of carbonyl (C=O) groups is 1. The monoisotopic (exact) mass is 397 g/mol. The zero-order valence-electron chi connectivity index (χ0n) is 16.3. The first kappa shape index (κ1) is 19.3. The van der Waals surface area contributed by atoms with Crippen LogP contribution in [-0.2, 0) is 17.6 Å². The van der Waals surface area contributed by atoms with E-state index >= 15 is 0 Å². The minimum atomic E-state index is -0.199. The summed E-state index contributed by atoms with van der Waals surface area (Å²) >= 11 is 1.58. The van der Waals surface area contributed by atoms with Crippen molar-refractivity contribution in [3.8, 4) is 5.75 Å². The smallest absolute Gasteiger partial charge is 0.340 e. The molecule has 0 spiro atoms. The molecular formula is C23H27NO3S. The van der Waals surface area contributed by atoms with Crippen LogP contribution in [0.5, 0.6) is 5.75 Å². The Labute approximate surface area is 171 Å². The fourth-order valence-electron chi connectivity index (χ4n) is 4.28. The number of hydrogen-bond donors (Lipinski definition) is 1. The lowest BCUT2D eigenvalue weighted by Gasteiger charge is -2.27. The van der Waals surface area contributed by atoms with Crippen molar-refractivity contribution in [2.75, 3.05) is 26.1 Å². The topological polar surface area (TPSA) is 47.6 Å². The van der Waals surface area contributed by atoms with Crippen LogP contribution in [0.15, 0.2) is 41.3 Å². The van der Waals surface area contributed by atoms with E-state index in [1.807, 2.05) is 12.1 Å². The Bertz CT molecular complexity index is 852. The number of ether oxygens (including phenoxy) is 2. The second kappa shape index (κ2) is 9.01. The van der Waals surface area contributed by atoms with Gasteiger partial charge in [-0.15, -0.1) is 0 Å². The molecule has 0 fully saturated rings. The summed E-state index contributed by atoms with van der Waals surface area (Å²) in [7, 11) is 1.76. The van der Waals surface area contributed by atoms with Crippen LogP contribution in [0.1, 0.15) is 52.2 Å². The lowest BCUT2D eigenvalue weighted by atomic mass is 9.80. The molecule has 1 atom stereocenters. The molecule has 0 bridgehead atoms. The molecule has 2 aliphatic rings. The molecule has 1 aliphatic carbocycles. The molecule has 0 saturated carbocycles. The number of cyclic esters (lactones) is 1. The van der Waals surface area contributed by atoms with Crippen LogP contribution in [0.25, 0.3) is 0 Å². The van der Waals surface area contributed by atoms with Crippen molar-refractivity contribution in [2.24, 2.45) is 0 Å². The number of fused-ring (bicyclic) bond motifs is 2. The van der Waals surface area contributed by atoms with Crippen molar-refractivity contribution in [1.29, 1.82) is 0 Å². The lowest BCUT2D eigenvalue weighted by molar-refractivity contribution is 0.0566. The summed E-state index contributed by atoms with van der Waals surface area (Å²) < 4.78 is 10.7. The minimum Gasteiger partial charge on any atom is -0.496 e. The van der Waals surface area contributed by atoms with E-state index < -0.39 is 0 Å². The Kier molecular flexibility index (Phi) is 6.23. The third kappa shape index (κ3) is 4.20. The summed E-state index contributed by atoms with van der Waals surface area (Å²) in [5.74, 6) is 1.87. The summed E-state index contributed by atoms with van der Waals surface area (Å²) in [5, 5.41) is 3.58. The summed E-state index contributed by atoms with van der Waals surface area (Å²) in [5.41, 5.74) is 4.76. The van der Waals surface area contributed by atoms with E-state index in [4.69, 9.17) is 9.47 Å². The number of hydrogen-bond acceptors (Lipinski definition) is 5. The second-order valence-electron chi connectivity index (χ2n) is 7.43. The molecule has 0 aromatic heterocycles. The number of methoxy groups -OCH3 is 1. The molecule has 2 aromatic carbocycles. The number of benzene rings is 2. The maximum atomic E-state index is 11.9. The molecule has 0 saturated heterocycles. The number of rotatable bonds is 7. The highest BCUT2D eigenvalue weighted by atomic mass is 32.2. The Hall–Kier alpha value is -1.98. The highest BCUT2D eigenvalue weighted by Gasteiger charge is 2.22. The summed E-state index contributed by atoms with van der Waals surface area (Å²) in [6, 6.07) is 12.6. The van der Waals surface area contributed by atoms with Crippen LogP contribution in [0.2, 0.25) is 0 Å². The molecule has 0 amide bonds. The Morgan fingerprint density at radius 1 is 1.25 bits per heavy atom. The van der Waals surface area contributed by atoms with Crippen molar-refractivity contribution in [3.63, 3.8) is 0 Å². The summed E-state index contributed by atoms with van der Waals surface area (Å²) in [4.78, 5) is 12.9. The molecule has 4 nitrogen and oxygen atoms in total. The van der Waals surface area contributed by atoms with Crippen molar-refractivity contribution in [3.05, 3.63) is 58.7 Å². The fourth-order valence-corrected chi connectivity index (χ4v) is 5.04. The molecule has 1 aliphatic heterocycles. The number of thioether (sulfide) groups is 1. The highest BCUT2D eigenvalue weighted by molar-refractivity contribution is 7.99. The second-order valence-corrected chi connectivity index (χ2v) is 8.39. The molecule has 4 rings (SSSR count). The maximum absolute atomic E-state index is 11.9. The number of carbonyl (C=O) groups excluding carboxylic acids is 1. The Morgan fingerprint density at radius 2 is 2.18 bits per heavy atom. The Balaban J connectivity index is 1.27. The van der Waals surface area contributed by atoms with Crippen LogP contribution < -0.4 is 10.1 Å². The van der Waals surface area contributed by atoms with Gasteiger partial charge in [-0.2, -0.15) is 0 Å². The molecule has 148 valence electrons. The van der Waals surface area contributed by atoms with Crippen molar-refractivity contribution >= 4 is 17.7 Å². The van der Waals surface area contributed by atoms with Crippen molar-refractivity contribution in [2.45, 2.75) is 42.9 Å². The fraction of sp³-hybridized carbons (Fsp3) is 0.435. The summed E-state index contributed by atoms with van der Waals surface area (Å²) in [6.45, 7) is 1.92. The van der Waals surface area contributed by atoms with Crippen LogP contribution in [-0.4, -0.2) is 32.1 Å². The van der Waals surface area contributed by atoms with E-state index in [-0.39, 0.29) is 5.97 Å². The van der Waals surface area contributed by atoms with Gasteiger partial charge in [0.1, 0.15) is 11.7 Å². The van der Waals surface area contributed by atoms with Crippen LogP contribution >= 0.6 is 11.8 Å². The van der Waals surface area contributed by atoms with E-state index in [1.54, 1.807) is 18.9 Å². The average molecular weight is 398 g/mol. The van der Waals surface area contributed by atoms with Gasteiger partial charge in [0, 0.05) is 4.90 Å². The molecule has 1 unspecified atom stereocenters. The lowest BCUT2D eigenvalue weighted by Crippen LogP contribution is -2.22. The van der Waals surface area contributed by atoms with Crippen molar-refractivity contribution < 1.29 is 14.3 Å². The van der Waals surface area contributed by atoms with Gasteiger partial charge in [-0.3, -0.25) is 0 Å². The first-order valence-corrected chi connectivity index (χ1v) is 11.0. The van der Waals surface area contributed by atoms with Gasteiger partial charge in [-0.05, 0) is 86.0 Å². The molecule has 5 heteroatoms. The van der Waals surface area contributed by atoms with Gasteiger partial charge in [0.05, 0.1) is 12.7 Å². The molecule has 1 N–H and O–H groups in total. The van der Waals surface area contributed by atoms with E-state index in [1.165, 1.54) is 29.5 Å². The molecule has 2 aromatic rings. The predicted molar refractivity (Wildman–Crippen MR) is 112 cm³/mol. The number of nitrogens with one attached hydrogen (secondary N) is 1. The van der Waals surface area contributed by atoms with Crippen LogP contribution in [0.3, 0.4) is 0 Å². The zero-order valence-corrected chi connectivity index (χ0v) is 17.1. The summed E-state index contributed by atoms with van der Waals surface area (Å²) in [6.07, 6.45) is 5.68. The quantitative estimate of drug-likeness (QED) is 0.548. The van der Waals surface area contributed by atoms with Gasteiger partial charge in [0.15, 0.2) is 0 Å². The van der Waals surface area contributed by atoms with Gasteiger partial charge < -0.3 is 14.8 Å². The Morgan fingerprint density at radius 3 is 3.07 bits per heavy atom. The van der Waals surface area contributed by atoms with E-state index in [0.29, 0.717) is 17.4 Å². The first-order chi connectivity index (χ1) is 13.8. The third-order valence-corrected chi connectivity index (χ3v) is 6.64. The van der Waals surface area contributed by atoms with Gasteiger partial charge in [-0.1, -0.05) is 30.0 Å². The van der Waals surface area contributed by atoms with Crippen LogP contribution in [0.4, 0.5) is 0 Å².